The molecule has 5 heterocycles. The van der Waals surface area contributed by atoms with Crippen molar-refractivity contribution in [2.45, 2.75) is 386 Å². The normalized spacial score (nSPS) is 34.9. The average molecular weight is 1490 g/mol. The van der Waals surface area contributed by atoms with Gasteiger partial charge in [0.1, 0.15) is 122 Å². The molecule has 0 aromatic heterocycles. The van der Waals surface area contributed by atoms with Gasteiger partial charge in [-0.25, -0.2) is 0 Å². The van der Waals surface area contributed by atoms with E-state index in [-0.39, 0.29) is 12.3 Å². The molecule has 0 spiro atoms. The van der Waals surface area contributed by atoms with E-state index in [0.29, 0.717) is 12.8 Å². The van der Waals surface area contributed by atoms with Crippen LogP contribution in [0, 0.1) is 0 Å². The molecule has 31 heteroatoms. The second-order valence-electron chi connectivity index (χ2n) is 28.6. The van der Waals surface area contributed by atoms with Gasteiger partial charge in [-0.15, -0.1) is 0 Å². The van der Waals surface area contributed by atoms with Crippen LogP contribution in [0.25, 0.3) is 0 Å². The number of carbonyl (C=O) groups excluding carboxylic acids is 3. The fraction of sp³-hybridized carbons (Fsp3) is 0.931. The predicted octanol–water partition coefficient (Wildman–Crippen LogP) is 0.532. The molecule has 31 nitrogen and oxygen atoms in total. The first-order chi connectivity index (χ1) is 49.6. The average Bonchev–Trinajstić information content (AvgIpc) is 0.773. The maximum absolute atomic E-state index is 13.5. The number of amides is 3. The van der Waals surface area contributed by atoms with Gasteiger partial charge in [-0.3, -0.25) is 14.4 Å². The minimum absolute atomic E-state index is 0.187. The van der Waals surface area contributed by atoms with Crippen LogP contribution >= 0.6 is 0 Å². The zero-order valence-corrected chi connectivity index (χ0v) is 61.2. The first-order valence-electron chi connectivity index (χ1n) is 38.5. The SMILES string of the molecule is CCCCCCCCCCCCC/C=C/[C@@H](O)[C@H](CO[C@@H]1OC(CO)[C@@H](O[C@@H]2OC(CO)[C@H](O)[C@H](O[C@@H]3OC(CO)[C@@H](O)[C@H](O[C@@H]4OC(CO)[C@H](O)[C@H](O[C@@H]5OC(CO)[C@@H](O)[C@H](O)C5NC(C)=O)C4O)C3NC(C)=O)C2O)[C@H](O)C1O)NC(=O)CCCCCCCCCCCCCCCCCCC. The lowest BCUT2D eigenvalue weighted by atomic mass is 9.94. The molecule has 0 aromatic carbocycles. The molecule has 10 unspecified atom stereocenters. The van der Waals surface area contributed by atoms with Crippen molar-refractivity contribution >= 4 is 17.7 Å². The number of allylic oxidation sites excluding steroid dienone is 1. The van der Waals surface area contributed by atoms with Crippen molar-refractivity contribution in [1.82, 2.24) is 16.0 Å². The summed E-state index contributed by atoms with van der Waals surface area (Å²) in [7, 11) is 0. The number of hydrogen-bond donors (Lipinski definition) is 18. The van der Waals surface area contributed by atoms with Crippen molar-refractivity contribution in [3.05, 3.63) is 12.2 Å². The van der Waals surface area contributed by atoms with Crippen LogP contribution < -0.4 is 16.0 Å². The van der Waals surface area contributed by atoms with Gasteiger partial charge >= 0.3 is 0 Å². The summed E-state index contributed by atoms with van der Waals surface area (Å²) < 4.78 is 59.2. The van der Waals surface area contributed by atoms with Crippen LogP contribution in [0.5, 0.6) is 0 Å². The van der Waals surface area contributed by atoms with Gasteiger partial charge < -0.3 is 140 Å². The van der Waals surface area contributed by atoms with Crippen LogP contribution in [0.3, 0.4) is 0 Å². The lowest BCUT2D eigenvalue weighted by molar-refractivity contribution is -0.384. The summed E-state index contributed by atoms with van der Waals surface area (Å²) in [6, 6.07) is -4.43. The summed E-state index contributed by atoms with van der Waals surface area (Å²) in [5.41, 5.74) is 0. The zero-order chi connectivity index (χ0) is 75.4. The third kappa shape index (κ3) is 29.5. The Labute approximate surface area is 607 Å². The molecule has 5 saturated heterocycles. The van der Waals surface area contributed by atoms with E-state index in [1.165, 1.54) is 122 Å². The minimum atomic E-state index is -2.18. The number of carbonyl (C=O) groups is 3. The number of rotatable bonds is 51. The molecular weight excluding hydrogens is 1350 g/mol. The fourth-order valence-corrected chi connectivity index (χ4v) is 14.0. The van der Waals surface area contributed by atoms with E-state index in [2.05, 4.69) is 29.8 Å². The van der Waals surface area contributed by atoms with Crippen molar-refractivity contribution in [1.29, 1.82) is 0 Å². The molecule has 5 rings (SSSR count). The highest BCUT2D eigenvalue weighted by Crippen LogP contribution is 2.37. The zero-order valence-electron chi connectivity index (χ0n) is 61.2. The van der Waals surface area contributed by atoms with Gasteiger partial charge in [-0.1, -0.05) is 193 Å². The highest BCUT2D eigenvalue weighted by molar-refractivity contribution is 5.76. The van der Waals surface area contributed by atoms with Crippen LogP contribution in [0.2, 0.25) is 0 Å². The Balaban J connectivity index is 1.23. The summed E-state index contributed by atoms with van der Waals surface area (Å²) in [5, 5.41) is 175. The number of aliphatic hydroxyl groups is 15. The van der Waals surface area contributed by atoms with Gasteiger partial charge in [0, 0.05) is 20.3 Å². The molecule has 0 aliphatic carbocycles. The van der Waals surface area contributed by atoms with E-state index in [9.17, 15) is 91.0 Å². The van der Waals surface area contributed by atoms with E-state index in [1.54, 1.807) is 6.08 Å². The van der Waals surface area contributed by atoms with Gasteiger partial charge in [0.25, 0.3) is 0 Å². The Kier molecular flexibility index (Phi) is 44.1. The van der Waals surface area contributed by atoms with Gasteiger partial charge in [-0.05, 0) is 19.3 Å². The van der Waals surface area contributed by atoms with Crippen molar-refractivity contribution < 1.29 is 138 Å². The van der Waals surface area contributed by atoms with Gasteiger partial charge in [0.05, 0.1) is 51.8 Å². The largest absolute Gasteiger partial charge is 0.394 e. The number of aliphatic hydroxyl groups excluding tert-OH is 15. The summed E-state index contributed by atoms with van der Waals surface area (Å²) in [6.45, 7) is 1.33. The van der Waals surface area contributed by atoms with Gasteiger partial charge in [0.15, 0.2) is 31.5 Å². The third-order valence-electron chi connectivity index (χ3n) is 20.1. The topological polar surface area (TPSA) is 483 Å². The Bertz CT molecular complexity index is 2310. The van der Waals surface area contributed by atoms with Gasteiger partial charge in [-0.2, -0.15) is 0 Å². The summed E-state index contributed by atoms with van der Waals surface area (Å²) in [5.74, 6) is -1.92. The Morgan fingerprint density at radius 1 is 0.379 bits per heavy atom. The highest BCUT2D eigenvalue weighted by Gasteiger charge is 2.58. The van der Waals surface area contributed by atoms with Crippen LogP contribution in [0.15, 0.2) is 12.2 Å². The van der Waals surface area contributed by atoms with Crippen molar-refractivity contribution in [3.8, 4) is 0 Å². The standard InChI is InChI=1S/C72H131N3O28/c1-5-7-9-11-13-15-17-19-20-21-22-24-26-28-30-32-34-36-52(84)75-45(46(83)35-33-31-29-27-25-23-18-16-14-12-10-8-6-2)42-94-70-61(91)60(90)64(51(41-80)99-70)100-71-62(92)67(58(88)49(39-78)97-71)103-69-54(74-44(4)82)65(56(86)48(38-77)96-69)101-72-63(93)66(57(87)50(40-79)98-72)102-68-53(73-43(3)81)59(89)55(85)47(37-76)95-68/h33,35,45-51,53-72,76-80,83,85-93H,5-32,34,36-42H2,1-4H3,(H,73,81)(H,74,82)(H,75,84)/b35-33+/t45-,46+,47?,48?,49?,50?,51?,53?,54?,55+,56+,57-,58-,59+,60+,61?,62?,63?,64+,65+,66-,67-,68-,69-,70+,71-,72-/m0/s1. The third-order valence-corrected chi connectivity index (χ3v) is 20.1. The number of hydrogen-bond acceptors (Lipinski definition) is 28. The summed E-state index contributed by atoms with van der Waals surface area (Å²) in [6.07, 6.45) is -7.09. The monoisotopic (exact) mass is 1490 g/mol. The molecule has 0 bridgehead atoms. The molecule has 602 valence electrons. The highest BCUT2D eigenvalue weighted by atomic mass is 16.8. The van der Waals surface area contributed by atoms with Gasteiger partial charge in [0.2, 0.25) is 17.7 Å². The van der Waals surface area contributed by atoms with Crippen molar-refractivity contribution in [2.75, 3.05) is 39.6 Å². The first kappa shape index (κ1) is 90.8. The van der Waals surface area contributed by atoms with Crippen molar-refractivity contribution in [2.24, 2.45) is 0 Å². The second kappa shape index (κ2) is 50.0. The lowest BCUT2D eigenvalue weighted by Crippen LogP contribution is -2.70. The number of ether oxygens (including phenoxy) is 10. The van der Waals surface area contributed by atoms with Crippen LogP contribution in [-0.4, -0.2) is 300 Å². The first-order valence-corrected chi connectivity index (χ1v) is 38.5. The summed E-state index contributed by atoms with van der Waals surface area (Å²) in [4.78, 5) is 38.7. The van der Waals surface area contributed by atoms with E-state index >= 15 is 0 Å². The molecular formula is C72H131N3O28. The quantitative estimate of drug-likeness (QED) is 0.0292. The molecule has 0 aromatic rings. The molecule has 0 saturated carbocycles. The van der Waals surface area contributed by atoms with Crippen molar-refractivity contribution in [3.63, 3.8) is 0 Å². The molecule has 5 fully saturated rings. The van der Waals surface area contributed by atoms with E-state index in [1.807, 2.05) is 6.08 Å². The van der Waals surface area contributed by atoms with E-state index in [4.69, 9.17) is 47.4 Å². The number of nitrogens with one attached hydrogen (secondary N) is 3. The minimum Gasteiger partial charge on any atom is -0.394 e. The molecule has 27 atom stereocenters. The van der Waals surface area contributed by atoms with E-state index in [0.717, 1.165) is 65.2 Å². The Morgan fingerprint density at radius 2 is 0.728 bits per heavy atom. The number of unbranched alkanes of at least 4 members (excludes halogenated alkanes) is 27. The summed E-state index contributed by atoms with van der Waals surface area (Å²) >= 11 is 0. The smallest absolute Gasteiger partial charge is 0.220 e. The maximum atomic E-state index is 13.5. The molecule has 103 heavy (non-hydrogen) atoms. The molecule has 5 aliphatic rings. The Hall–Kier alpha value is -2.85. The predicted molar refractivity (Wildman–Crippen MR) is 370 cm³/mol. The molecule has 3 amide bonds. The molecule has 18 N–H and O–H groups in total. The second-order valence-corrected chi connectivity index (χ2v) is 28.6. The fourth-order valence-electron chi connectivity index (χ4n) is 14.0. The molecule has 5 aliphatic heterocycles. The van der Waals surface area contributed by atoms with Crippen LogP contribution in [-0.2, 0) is 61.8 Å². The Morgan fingerprint density at radius 3 is 1.16 bits per heavy atom. The maximum Gasteiger partial charge on any atom is 0.220 e. The lowest BCUT2D eigenvalue weighted by Gasteiger charge is -2.50. The van der Waals surface area contributed by atoms with Crippen LogP contribution in [0.4, 0.5) is 0 Å². The molecule has 0 radical (unpaired) electrons. The van der Waals surface area contributed by atoms with Crippen LogP contribution in [0.1, 0.15) is 220 Å². The van der Waals surface area contributed by atoms with E-state index < -0.39 is 217 Å².